The van der Waals surface area contributed by atoms with Crippen LogP contribution < -0.4 is 11.4 Å². The summed E-state index contributed by atoms with van der Waals surface area (Å²) in [6, 6.07) is 0. The summed E-state index contributed by atoms with van der Waals surface area (Å²) >= 11 is 0. The molecule has 0 spiro atoms. The molecule has 0 fully saturated rings. The molecule has 1 aromatic rings. The van der Waals surface area contributed by atoms with Crippen molar-refractivity contribution in [3.05, 3.63) is 16.3 Å². The number of rotatable bonds is 4. The summed E-state index contributed by atoms with van der Waals surface area (Å²) in [5, 5.41) is 5.99. The van der Waals surface area contributed by atoms with Gasteiger partial charge in [-0.1, -0.05) is 0 Å². The first-order chi connectivity index (χ1) is 5.76. The molecule has 0 saturated carbocycles. The van der Waals surface area contributed by atoms with Crippen LogP contribution in [0.1, 0.15) is 5.82 Å². The summed E-state index contributed by atoms with van der Waals surface area (Å²) in [5.74, 6) is 0.567. The summed E-state index contributed by atoms with van der Waals surface area (Å²) in [7, 11) is 1.57. The highest BCUT2D eigenvalue weighted by Crippen LogP contribution is 1.94. The van der Waals surface area contributed by atoms with E-state index in [0.717, 1.165) is 0 Å². The molecule has 1 rings (SSSR count). The van der Waals surface area contributed by atoms with E-state index in [1.807, 2.05) is 0 Å². The number of ether oxygens (including phenoxy) is 1. The Morgan fingerprint density at radius 3 is 2.92 bits per heavy atom. The number of H-pyrrole nitrogens is 2. The summed E-state index contributed by atoms with van der Waals surface area (Å²) in [4.78, 5) is 13.1. The van der Waals surface area contributed by atoms with Gasteiger partial charge in [0.05, 0.1) is 6.10 Å². The van der Waals surface area contributed by atoms with Crippen LogP contribution in [0.3, 0.4) is 0 Å². The first-order valence-electron chi connectivity index (χ1n) is 3.62. The van der Waals surface area contributed by atoms with Crippen molar-refractivity contribution in [2.45, 2.75) is 12.5 Å². The molecule has 4 N–H and O–H groups in total. The molecule has 0 amide bonds. The van der Waals surface area contributed by atoms with Gasteiger partial charge in [-0.25, -0.2) is 9.89 Å². The first kappa shape index (κ1) is 8.95. The van der Waals surface area contributed by atoms with E-state index in [2.05, 4.69) is 15.2 Å². The molecular weight excluding hydrogens is 160 g/mol. The minimum Gasteiger partial charge on any atom is -0.380 e. The molecule has 6 heteroatoms. The predicted octanol–water partition coefficient (Wildman–Crippen LogP) is -1.39. The van der Waals surface area contributed by atoms with Crippen molar-refractivity contribution in [1.82, 2.24) is 15.2 Å². The van der Waals surface area contributed by atoms with Gasteiger partial charge in [0.25, 0.3) is 0 Å². The Balaban J connectivity index is 2.56. The summed E-state index contributed by atoms with van der Waals surface area (Å²) in [6.45, 7) is 0.408. The molecule has 12 heavy (non-hydrogen) atoms. The van der Waals surface area contributed by atoms with Crippen LogP contribution in [0.15, 0.2) is 4.79 Å². The van der Waals surface area contributed by atoms with Gasteiger partial charge in [-0.15, -0.1) is 0 Å². The molecule has 6 nitrogen and oxygen atoms in total. The minimum atomic E-state index is -0.308. The molecule has 1 heterocycles. The molecule has 68 valence electrons. The summed E-state index contributed by atoms with van der Waals surface area (Å²) < 4.78 is 5.01. The number of nitrogens with one attached hydrogen (secondary N) is 2. The zero-order chi connectivity index (χ0) is 8.97. The van der Waals surface area contributed by atoms with Crippen LogP contribution in [-0.4, -0.2) is 34.9 Å². The maximum absolute atomic E-state index is 10.6. The third-order valence-corrected chi connectivity index (χ3v) is 1.57. The zero-order valence-corrected chi connectivity index (χ0v) is 6.83. The Morgan fingerprint density at radius 1 is 1.75 bits per heavy atom. The van der Waals surface area contributed by atoms with Gasteiger partial charge in [0, 0.05) is 20.1 Å². The lowest BCUT2D eigenvalue weighted by atomic mass is 10.2. The fourth-order valence-corrected chi connectivity index (χ4v) is 0.880. The molecule has 1 unspecified atom stereocenters. The zero-order valence-electron chi connectivity index (χ0n) is 6.83. The van der Waals surface area contributed by atoms with Crippen LogP contribution in [0.5, 0.6) is 0 Å². The number of hydrogen-bond donors (Lipinski definition) is 3. The highest BCUT2D eigenvalue weighted by molar-refractivity contribution is 4.84. The Labute approximate surface area is 69.1 Å². The van der Waals surface area contributed by atoms with Crippen LogP contribution in [-0.2, 0) is 11.2 Å². The third kappa shape index (κ3) is 2.18. The highest BCUT2D eigenvalue weighted by atomic mass is 16.5. The van der Waals surface area contributed by atoms with E-state index in [0.29, 0.717) is 18.8 Å². The average Bonchev–Trinajstić information content (AvgIpc) is 2.47. The molecule has 1 atom stereocenters. The number of nitrogens with zero attached hydrogens (tertiary/aromatic N) is 1. The van der Waals surface area contributed by atoms with E-state index in [9.17, 15) is 4.79 Å². The molecule has 0 radical (unpaired) electrons. The molecule has 0 saturated heterocycles. The number of aromatic nitrogens is 3. The first-order valence-corrected chi connectivity index (χ1v) is 3.62. The van der Waals surface area contributed by atoms with E-state index >= 15 is 0 Å². The van der Waals surface area contributed by atoms with Crippen molar-refractivity contribution >= 4 is 0 Å². The molecule has 0 aliphatic carbocycles. The number of hydrogen-bond acceptors (Lipinski definition) is 4. The average molecular weight is 172 g/mol. The predicted molar refractivity (Wildman–Crippen MR) is 42.8 cm³/mol. The molecule has 0 aliphatic heterocycles. The molecular formula is C6H12N4O2. The van der Waals surface area contributed by atoms with Crippen molar-refractivity contribution < 1.29 is 4.74 Å². The quantitative estimate of drug-likeness (QED) is 0.521. The smallest absolute Gasteiger partial charge is 0.340 e. The maximum atomic E-state index is 10.6. The Hall–Kier alpha value is -1.14. The van der Waals surface area contributed by atoms with Crippen LogP contribution in [0.2, 0.25) is 0 Å². The van der Waals surface area contributed by atoms with Gasteiger partial charge in [0.2, 0.25) is 0 Å². The van der Waals surface area contributed by atoms with E-state index in [1.165, 1.54) is 0 Å². The van der Waals surface area contributed by atoms with Crippen LogP contribution in [0.25, 0.3) is 0 Å². The highest BCUT2D eigenvalue weighted by Gasteiger charge is 2.08. The van der Waals surface area contributed by atoms with E-state index in [1.54, 1.807) is 7.11 Å². The lowest BCUT2D eigenvalue weighted by Crippen LogP contribution is -2.25. The SMILES string of the molecule is COC(CN)Cc1n[nH]c(=O)[nH]1. The van der Waals surface area contributed by atoms with Gasteiger partial charge in [0.1, 0.15) is 5.82 Å². The van der Waals surface area contributed by atoms with E-state index in [-0.39, 0.29) is 11.8 Å². The summed E-state index contributed by atoms with van der Waals surface area (Å²) in [5.41, 5.74) is 5.07. The van der Waals surface area contributed by atoms with E-state index in [4.69, 9.17) is 10.5 Å². The Morgan fingerprint density at radius 2 is 2.50 bits per heavy atom. The molecule has 0 bridgehead atoms. The second-order valence-corrected chi connectivity index (χ2v) is 2.42. The number of methoxy groups -OCH3 is 1. The van der Waals surface area contributed by atoms with Crippen molar-refractivity contribution in [3.63, 3.8) is 0 Å². The van der Waals surface area contributed by atoms with Gasteiger partial charge < -0.3 is 10.5 Å². The monoisotopic (exact) mass is 172 g/mol. The van der Waals surface area contributed by atoms with Gasteiger partial charge >= 0.3 is 5.69 Å². The fraction of sp³-hybridized carbons (Fsp3) is 0.667. The van der Waals surface area contributed by atoms with Crippen LogP contribution in [0.4, 0.5) is 0 Å². The third-order valence-electron chi connectivity index (χ3n) is 1.57. The number of nitrogens with two attached hydrogens (primary N) is 1. The molecule has 1 aromatic heterocycles. The minimum absolute atomic E-state index is 0.0936. The van der Waals surface area contributed by atoms with Crippen molar-refractivity contribution in [2.24, 2.45) is 5.73 Å². The number of aromatic amines is 2. The molecule has 0 aromatic carbocycles. The molecule has 0 aliphatic rings. The van der Waals surface area contributed by atoms with Gasteiger partial charge in [-0.05, 0) is 0 Å². The fourth-order valence-electron chi connectivity index (χ4n) is 0.880. The van der Waals surface area contributed by atoms with E-state index < -0.39 is 0 Å². The largest absolute Gasteiger partial charge is 0.380 e. The topological polar surface area (TPSA) is 96.8 Å². The lowest BCUT2D eigenvalue weighted by Gasteiger charge is -2.09. The van der Waals surface area contributed by atoms with Gasteiger partial charge in [0.15, 0.2) is 0 Å². The van der Waals surface area contributed by atoms with Gasteiger partial charge in [-0.2, -0.15) is 5.10 Å². The van der Waals surface area contributed by atoms with Crippen molar-refractivity contribution in [3.8, 4) is 0 Å². The maximum Gasteiger partial charge on any atom is 0.340 e. The normalized spacial score (nSPS) is 13.2. The van der Waals surface area contributed by atoms with Gasteiger partial charge in [-0.3, -0.25) is 4.98 Å². The second kappa shape index (κ2) is 4.03. The van der Waals surface area contributed by atoms with Crippen LogP contribution in [0, 0.1) is 0 Å². The Kier molecular flexibility index (Phi) is 3.01. The second-order valence-electron chi connectivity index (χ2n) is 2.42. The van der Waals surface area contributed by atoms with Crippen molar-refractivity contribution in [2.75, 3.05) is 13.7 Å². The summed E-state index contributed by atoms with van der Waals surface area (Å²) in [6.07, 6.45) is 0.426. The van der Waals surface area contributed by atoms with Crippen LogP contribution >= 0.6 is 0 Å². The Bertz CT molecular complexity index is 275. The lowest BCUT2D eigenvalue weighted by molar-refractivity contribution is 0.108. The standard InChI is InChI=1S/C6H12N4O2/c1-12-4(3-7)2-5-8-6(11)10-9-5/h4H,2-3,7H2,1H3,(H2,8,9,10,11). The van der Waals surface area contributed by atoms with Crippen molar-refractivity contribution in [1.29, 1.82) is 0 Å².